The lowest BCUT2D eigenvalue weighted by atomic mass is 9.91. The number of methoxy groups -OCH3 is 2. The summed E-state index contributed by atoms with van der Waals surface area (Å²) in [6, 6.07) is 21.0. The Kier molecular flexibility index (Phi) is 5.37. The fourth-order valence-corrected chi connectivity index (χ4v) is 3.34. The van der Waals surface area contributed by atoms with Crippen molar-refractivity contribution in [1.29, 1.82) is 0 Å². The number of fused-ring (bicyclic) bond motifs is 1. The first-order valence-electron chi connectivity index (χ1n) is 8.48. The van der Waals surface area contributed by atoms with Gasteiger partial charge in [-0.1, -0.05) is 54.6 Å². The minimum Gasteiger partial charge on any atom is -0.496 e. The summed E-state index contributed by atoms with van der Waals surface area (Å²) in [6.45, 7) is 0.820. The van der Waals surface area contributed by atoms with Gasteiger partial charge in [-0.3, -0.25) is 0 Å². The lowest BCUT2D eigenvalue weighted by Gasteiger charge is -2.24. The molecule has 0 N–H and O–H groups in total. The van der Waals surface area contributed by atoms with Crippen LogP contribution < -0.4 is 4.74 Å². The maximum absolute atomic E-state index is 5.81. The molecule has 0 heterocycles. The van der Waals surface area contributed by atoms with E-state index in [0.717, 1.165) is 23.4 Å². The average molecular weight is 335 g/mol. The van der Waals surface area contributed by atoms with Crippen molar-refractivity contribution in [1.82, 2.24) is 4.90 Å². The van der Waals surface area contributed by atoms with Crippen LogP contribution in [0.5, 0.6) is 5.75 Å². The fourth-order valence-electron chi connectivity index (χ4n) is 3.34. The van der Waals surface area contributed by atoms with Crippen LogP contribution in [0.3, 0.4) is 0 Å². The molecule has 3 aromatic rings. The number of rotatable bonds is 6. The molecule has 0 amide bonds. The molecule has 3 nitrogen and oxygen atoms in total. The molecule has 0 aromatic heterocycles. The number of hydrogen-bond donors (Lipinski definition) is 0. The Morgan fingerprint density at radius 2 is 1.60 bits per heavy atom. The summed E-state index contributed by atoms with van der Waals surface area (Å²) >= 11 is 0. The Morgan fingerprint density at radius 1 is 0.880 bits per heavy atom. The molecule has 0 fully saturated rings. The van der Waals surface area contributed by atoms with E-state index in [0.29, 0.717) is 0 Å². The highest BCUT2D eigenvalue weighted by Gasteiger charge is 2.20. The van der Waals surface area contributed by atoms with E-state index in [-0.39, 0.29) is 6.10 Å². The van der Waals surface area contributed by atoms with Gasteiger partial charge in [0.1, 0.15) is 5.75 Å². The predicted molar refractivity (Wildman–Crippen MR) is 104 cm³/mol. The molecule has 0 radical (unpaired) electrons. The van der Waals surface area contributed by atoms with E-state index >= 15 is 0 Å². The molecule has 0 spiro atoms. The molecular weight excluding hydrogens is 310 g/mol. The van der Waals surface area contributed by atoms with Crippen molar-refractivity contribution in [3.8, 4) is 16.9 Å². The van der Waals surface area contributed by atoms with Gasteiger partial charge in [-0.25, -0.2) is 0 Å². The van der Waals surface area contributed by atoms with Gasteiger partial charge in [0.2, 0.25) is 0 Å². The van der Waals surface area contributed by atoms with Gasteiger partial charge in [-0.05, 0) is 42.1 Å². The van der Waals surface area contributed by atoms with Gasteiger partial charge in [-0.15, -0.1) is 0 Å². The van der Waals surface area contributed by atoms with Gasteiger partial charge < -0.3 is 14.4 Å². The van der Waals surface area contributed by atoms with Gasteiger partial charge >= 0.3 is 0 Å². The molecule has 0 aliphatic carbocycles. The van der Waals surface area contributed by atoms with Crippen molar-refractivity contribution in [2.45, 2.75) is 6.10 Å². The highest BCUT2D eigenvalue weighted by Crippen LogP contribution is 2.40. The molecule has 3 heteroatoms. The van der Waals surface area contributed by atoms with Crippen molar-refractivity contribution < 1.29 is 9.47 Å². The van der Waals surface area contributed by atoms with E-state index in [1.54, 1.807) is 14.2 Å². The van der Waals surface area contributed by atoms with Gasteiger partial charge in [0.25, 0.3) is 0 Å². The molecule has 3 rings (SSSR count). The van der Waals surface area contributed by atoms with E-state index in [9.17, 15) is 0 Å². The monoisotopic (exact) mass is 335 g/mol. The van der Waals surface area contributed by atoms with E-state index in [2.05, 4.69) is 73.6 Å². The molecule has 0 unspecified atom stereocenters. The summed E-state index contributed by atoms with van der Waals surface area (Å²) in [5.74, 6) is 0.880. The minimum absolute atomic E-state index is 0.00475. The standard InChI is InChI=1S/C22H25NO2/c1-23(2)15-21(25-4)18-11-7-8-12-19(18)22-17-10-6-5-9-16(17)13-14-20(22)24-3/h5-14,21H,15H2,1-4H3/t21-/m0/s1. The molecule has 0 saturated heterocycles. The second kappa shape index (κ2) is 7.68. The third-order valence-corrected chi connectivity index (χ3v) is 4.50. The Morgan fingerprint density at radius 3 is 2.32 bits per heavy atom. The number of ether oxygens (including phenoxy) is 2. The Hall–Kier alpha value is -2.36. The molecule has 25 heavy (non-hydrogen) atoms. The minimum atomic E-state index is -0.00475. The number of hydrogen-bond acceptors (Lipinski definition) is 3. The van der Waals surface area contributed by atoms with E-state index in [1.807, 2.05) is 6.07 Å². The van der Waals surface area contributed by atoms with Crippen LogP contribution in [0.1, 0.15) is 11.7 Å². The predicted octanol–water partition coefficient (Wildman–Crippen LogP) is 4.76. The highest BCUT2D eigenvalue weighted by molar-refractivity contribution is 6.00. The van der Waals surface area contributed by atoms with Crippen LogP contribution in [-0.2, 0) is 4.74 Å². The normalized spacial score (nSPS) is 12.5. The zero-order valence-corrected chi connectivity index (χ0v) is 15.3. The molecule has 0 aliphatic heterocycles. The lowest BCUT2D eigenvalue weighted by molar-refractivity contribution is 0.0788. The van der Waals surface area contributed by atoms with Gasteiger partial charge in [0.05, 0.1) is 13.2 Å². The Labute approximate surface area is 149 Å². The first-order chi connectivity index (χ1) is 12.2. The second-order valence-corrected chi connectivity index (χ2v) is 6.44. The van der Waals surface area contributed by atoms with E-state index < -0.39 is 0 Å². The summed E-state index contributed by atoms with van der Waals surface area (Å²) in [5.41, 5.74) is 3.45. The molecule has 1 atom stereocenters. The summed E-state index contributed by atoms with van der Waals surface area (Å²) < 4.78 is 11.5. The van der Waals surface area contributed by atoms with Gasteiger partial charge in [0.15, 0.2) is 0 Å². The number of likely N-dealkylation sites (N-methyl/N-ethyl adjacent to an activating group) is 1. The van der Waals surface area contributed by atoms with Crippen LogP contribution in [0.4, 0.5) is 0 Å². The van der Waals surface area contributed by atoms with Crippen molar-refractivity contribution in [3.63, 3.8) is 0 Å². The Bertz CT molecular complexity index is 858. The quantitative estimate of drug-likeness (QED) is 0.648. The second-order valence-electron chi connectivity index (χ2n) is 6.44. The number of nitrogens with zero attached hydrogens (tertiary/aromatic N) is 1. The van der Waals surface area contributed by atoms with Crippen molar-refractivity contribution >= 4 is 10.8 Å². The van der Waals surface area contributed by atoms with E-state index in [1.165, 1.54) is 16.3 Å². The third kappa shape index (κ3) is 3.53. The number of benzene rings is 3. The molecule has 0 bridgehead atoms. The first-order valence-corrected chi connectivity index (χ1v) is 8.48. The highest BCUT2D eigenvalue weighted by atomic mass is 16.5. The average Bonchev–Trinajstić information content (AvgIpc) is 2.65. The van der Waals surface area contributed by atoms with Crippen LogP contribution in [0.25, 0.3) is 21.9 Å². The zero-order chi connectivity index (χ0) is 17.8. The van der Waals surface area contributed by atoms with Crippen LogP contribution >= 0.6 is 0 Å². The maximum Gasteiger partial charge on any atom is 0.127 e. The van der Waals surface area contributed by atoms with Crippen molar-refractivity contribution in [2.24, 2.45) is 0 Å². The molecule has 0 aliphatic rings. The summed E-state index contributed by atoms with van der Waals surface area (Å²) in [7, 11) is 7.62. The van der Waals surface area contributed by atoms with Crippen LogP contribution in [0.15, 0.2) is 60.7 Å². The first kappa shape index (κ1) is 17.5. The van der Waals surface area contributed by atoms with Crippen molar-refractivity contribution in [3.05, 3.63) is 66.2 Å². The van der Waals surface area contributed by atoms with Gasteiger partial charge in [0, 0.05) is 19.2 Å². The largest absolute Gasteiger partial charge is 0.496 e. The Balaban J connectivity index is 2.25. The maximum atomic E-state index is 5.81. The third-order valence-electron chi connectivity index (χ3n) is 4.50. The molecule has 130 valence electrons. The summed E-state index contributed by atoms with van der Waals surface area (Å²) in [5, 5.41) is 2.39. The van der Waals surface area contributed by atoms with Crippen molar-refractivity contribution in [2.75, 3.05) is 34.9 Å². The molecule has 3 aromatic carbocycles. The SMILES string of the molecule is COc1ccc2ccccc2c1-c1ccccc1[C@H](CN(C)C)OC. The molecule has 0 saturated carbocycles. The zero-order valence-electron chi connectivity index (χ0n) is 15.3. The topological polar surface area (TPSA) is 21.7 Å². The molecular formula is C22H25NO2. The van der Waals surface area contributed by atoms with Crippen LogP contribution in [-0.4, -0.2) is 39.8 Å². The summed E-state index contributed by atoms with van der Waals surface area (Å²) in [6.07, 6.45) is -0.00475. The van der Waals surface area contributed by atoms with Crippen LogP contribution in [0.2, 0.25) is 0 Å². The van der Waals surface area contributed by atoms with Gasteiger partial charge in [-0.2, -0.15) is 0 Å². The van der Waals surface area contributed by atoms with Crippen LogP contribution in [0, 0.1) is 0 Å². The van der Waals surface area contributed by atoms with E-state index in [4.69, 9.17) is 9.47 Å². The fraction of sp³-hybridized carbons (Fsp3) is 0.273. The smallest absolute Gasteiger partial charge is 0.127 e. The summed E-state index contributed by atoms with van der Waals surface area (Å²) in [4.78, 5) is 2.14. The lowest BCUT2D eigenvalue weighted by Crippen LogP contribution is -2.22.